The summed E-state index contributed by atoms with van der Waals surface area (Å²) in [6.45, 7) is -5.21. The number of hydrogen-bond acceptors (Lipinski definition) is 8. The van der Waals surface area contributed by atoms with Gasteiger partial charge >= 0.3 is 12.6 Å². The Morgan fingerprint density at radius 2 is 1.79 bits per heavy atom. The van der Waals surface area contributed by atoms with E-state index >= 15 is 4.39 Å². The number of nitrogens with zero attached hydrogens (tertiary/aromatic N) is 3. The maximum absolute atomic E-state index is 16.2. The van der Waals surface area contributed by atoms with E-state index < -0.39 is 43.5 Å². The van der Waals surface area contributed by atoms with Gasteiger partial charge in [0, 0.05) is 46.2 Å². The number of fused-ring (bicyclic) bond motifs is 2. The average Bonchev–Trinajstić information content (AvgIpc) is 3.58. The Bertz CT molecular complexity index is 2200. The molecule has 2 aromatic heterocycles. The van der Waals surface area contributed by atoms with Crippen LogP contribution < -0.4 is 23.7 Å². The van der Waals surface area contributed by atoms with Crippen molar-refractivity contribution in [3.63, 3.8) is 0 Å². The number of aromatic carboxylic acids is 1. The lowest BCUT2D eigenvalue weighted by molar-refractivity contribution is -0.0508. The molecular weight excluding hydrogens is 736 g/mol. The summed E-state index contributed by atoms with van der Waals surface area (Å²) >= 11 is 5.93. The molecular formula is C36H28ClF6N3O7. The largest absolute Gasteiger partial charge is 0.485 e. The SMILES string of the molecule is O=C(O)c1cc(OCC(F)F)c2nc(Cc3c(F)cc(-c4cccc(OCc5ccc(Cl)cc5OC(F)F)n4)c4c3OCO4)n(CC3(CF)CC3)c2c1. The van der Waals surface area contributed by atoms with E-state index in [1.807, 2.05) is 0 Å². The zero-order valence-corrected chi connectivity index (χ0v) is 28.1. The van der Waals surface area contributed by atoms with Crippen LogP contribution in [0, 0.1) is 11.2 Å². The van der Waals surface area contributed by atoms with Crippen LogP contribution in [0.5, 0.6) is 28.9 Å². The molecule has 3 heterocycles. The zero-order chi connectivity index (χ0) is 37.4. The van der Waals surface area contributed by atoms with Crippen molar-refractivity contribution >= 4 is 28.6 Å². The number of benzene rings is 3. The monoisotopic (exact) mass is 763 g/mol. The van der Waals surface area contributed by atoms with Gasteiger partial charge in [-0.25, -0.2) is 27.9 Å². The molecule has 0 amide bonds. The highest BCUT2D eigenvalue weighted by molar-refractivity contribution is 6.30. The Balaban J connectivity index is 1.24. The van der Waals surface area contributed by atoms with Crippen LogP contribution in [-0.4, -0.2) is 58.7 Å². The van der Waals surface area contributed by atoms with E-state index in [4.69, 9.17) is 30.5 Å². The summed E-state index contributed by atoms with van der Waals surface area (Å²) in [7, 11) is 0. The molecule has 10 nitrogen and oxygen atoms in total. The molecule has 0 saturated heterocycles. The van der Waals surface area contributed by atoms with E-state index in [0.717, 1.165) is 6.07 Å². The van der Waals surface area contributed by atoms with Crippen LogP contribution in [0.1, 0.15) is 40.2 Å². The Labute approximate surface area is 301 Å². The standard InChI is InChI=1S/C36H28ClF6N3O7/c37-20-5-4-18(26(10-20)53-35(42)43)13-50-30-3-1-2-24(44-30)22-11-23(39)21(32-33(22)52-17-51-32)12-29-45-31-25(46(29)16-36(15-38)6-7-36)8-19(34(47)48)9-27(31)49-14-28(40)41/h1-5,8-11,28,35H,6-7,12-17H2,(H,47,48). The van der Waals surface area contributed by atoms with E-state index in [1.165, 1.54) is 36.4 Å². The number of halogens is 7. The first-order valence-electron chi connectivity index (χ1n) is 16.1. The minimum Gasteiger partial charge on any atom is -0.485 e. The van der Waals surface area contributed by atoms with E-state index in [2.05, 4.69) is 14.7 Å². The van der Waals surface area contributed by atoms with E-state index in [0.29, 0.717) is 12.8 Å². The van der Waals surface area contributed by atoms with Crippen LogP contribution in [0.4, 0.5) is 26.3 Å². The second kappa shape index (κ2) is 14.6. The van der Waals surface area contributed by atoms with Gasteiger partial charge in [-0.1, -0.05) is 23.7 Å². The summed E-state index contributed by atoms with van der Waals surface area (Å²) in [4.78, 5) is 21.0. The Hall–Kier alpha value is -5.38. The number of alkyl halides is 5. The van der Waals surface area contributed by atoms with Crippen molar-refractivity contribution in [2.24, 2.45) is 5.41 Å². The van der Waals surface area contributed by atoms with Gasteiger partial charge in [0.25, 0.3) is 6.43 Å². The molecule has 1 aliphatic heterocycles. The van der Waals surface area contributed by atoms with Crippen molar-refractivity contribution in [1.29, 1.82) is 0 Å². The number of carboxylic acid groups (broad SMARTS) is 1. The number of ether oxygens (including phenoxy) is 5. The molecule has 3 aromatic carbocycles. The van der Waals surface area contributed by atoms with Gasteiger partial charge in [0.05, 0.1) is 23.4 Å². The summed E-state index contributed by atoms with van der Waals surface area (Å²) in [5.74, 6) is -2.05. The van der Waals surface area contributed by atoms with E-state index in [1.54, 1.807) is 16.7 Å². The zero-order valence-electron chi connectivity index (χ0n) is 27.4. The maximum Gasteiger partial charge on any atom is 0.387 e. The Morgan fingerprint density at radius 1 is 1.00 bits per heavy atom. The molecule has 53 heavy (non-hydrogen) atoms. The highest BCUT2D eigenvalue weighted by Crippen LogP contribution is 2.49. The predicted octanol–water partition coefficient (Wildman–Crippen LogP) is 8.48. The van der Waals surface area contributed by atoms with Crippen molar-refractivity contribution in [3.8, 4) is 40.1 Å². The number of aromatic nitrogens is 3. The first-order chi connectivity index (χ1) is 25.4. The number of hydrogen-bond donors (Lipinski definition) is 1. The van der Waals surface area contributed by atoms with Crippen molar-refractivity contribution in [3.05, 3.63) is 88.0 Å². The van der Waals surface area contributed by atoms with Gasteiger partial charge in [-0.3, -0.25) is 4.39 Å². The molecule has 2 aliphatic rings. The highest BCUT2D eigenvalue weighted by atomic mass is 35.5. The summed E-state index contributed by atoms with van der Waals surface area (Å²) in [5, 5.41) is 9.95. The molecule has 1 N–H and O–H groups in total. The Kier molecular flexibility index (Phi) is 9.89. The van der Waals surface area contributed by atoms with Gasteiger partial charge in [-0.05, 0) is 49.2 Å². The number of carbonyl (C=O) groups is 1. The third kappa shape index (κ3) is 7.59. The van der Waals surface area contributed by atoms with Crippen LogP contribution in [-0.2, 0) is 19.6 Å². The van der Waals surface area contributed by atoms with Gasteiger partial charge < -0.3 is 33.4 Å². The van der Waals surface area contributed by atoms with Gasteiger partial charge in [-0.2, -0.15) is 8.78 Å². The summed E-state index contributed by atoms with van der Waals surface area (Å²) in [5.41, 5.74) is -0.0522. The quantitative estimate of drug-likeness (QED) is 0.105. The fraction of sp³-hybridized carbons (Fsp3) is 0.306. The van der Waals surface area contributed by atoms with Crippen LogP contribution in [0.2, 0.25) is 5.02 Å². The molecule has 7 rings (SSSR count). The molecule has 5 aromatic rings. The van der Waals surface area contributed by atoms with Crippen LogP contribution in [0.15, 0.2) is 54.6 Å². The minimum absolute atomic E-state index is 0.0121. The molecule has 1 fully saturated rings. The van der Waals surface area contributed by atoms with Gasteiger partial charge in [-0.15, -0.1) is 0 Å². The second-order valence-corrected chi connectivity index (χ2v) is 12.9. The third-order valence-electron chi connectivity index (χ3n) is 8.89. The van der Waals surface area contributed by atoms with Crippen molar-refractivity contribution in [1.82, 2.24) is 14.5 Å². The number of imidazole rings is 1. The van der Waals surface area contributed by atoms with Crippen molar-refractivity contribution in [2.75, 3.05) is 20.1 Å². The number of pyridine rings is 1. The first kappa shape index (κ1) is 36.0. The fourth-order valence-corrected chi connectivity index (χ4v) is 6.20. The lowest BCUT2D eigenvalue weighted by atomic mass is 10.0. The fourth-order valence-electron chi connectivity index (χ4n) is 6.04. The highest BCUT2D eigenvalue weighted by Gasteiger charge is 2.44. The number of rotatable bonds is 15. The van der Waals surface area contributed by atoms with Gasteiger partial charge in [0.2, 0.25) is 12.7 Å². The molecule has 278 valence electrons. The van der Waals surface area contributed by atoms with Crippen molar-refractivity contribution in [2.45, 2.75) is 45.5 Å². The maximum atomic E-state index is 16.2. The first-order valence-corrected chi connectivity index (χ1v) is 16.5. The van der Waals surface area contributed by atoms with E-state index in [9.17, 15) is 31.9 Å². The molecule has 0 bridgehead atoms. The molecule has 1 saturated carbocycles. The summed E-state index contributed by atoms with van der Waals surface area (Å²) < 4.78 is 111. The normalized spacial score (nSPS) is 14.3. The molecule has 0 unspecified atom stereocenters. The van der Waals surface area contributed by atoms with Crippen molar-refractivity contribution < 1.29 is 59.9 Å². The molecule has 0 radical (unpaired) electrons. The van der Waals surface area contributed by atoms with Crippen LogP contribution in [0.3, 0.4) is 0 Å². The lowest BCUT2D eigenvalue weighted by Crippen LogP contribution is -2.17. The summed E-state index contributed by atoms with van der Waals surface area (Å²) in [6.07, 6.45) is -2.01. The molecule has 0 atom stereocenters. The minimum atomic E-state index is -3.09. The number of carboxylic acids is 1. The predicted molar refractivity (Wildman–Crippen MR) is 177 cm³/mol. The summed E-state index contributed by atoms with van der Waals surface area (Å²) in [6, 6.07) is 12.4. The molecule has 17 heteroatoms. The van der Waals surface area contributed by atoms with E-state index in [-0.39, 0.29) is 105 Å². The van der Waals surface area contributed by atoms with Crippen LogP contribution in [0.25, 0.3) is 22.3 Å². The molecule has 0 spiro atoms. The van der Waals surface area contributed by atoms with Gasteiger partial charge in [0.15, 0.2) is 11.5 Å². The lowest BCUT2D eigenvalue weighted by Gasteiger charge is -2.17. The molecule has 1 aliphatic carbocycles. The van der Waals surface area contributed by atoms with Crippen LogP contribution >= 0.6 is 11.6 Å². The second-order valence-electron chi connectivity index (χ2n) is 12.5. The Morgan fingerprint density at radius 3 is 2.51 bits per heavy atom. The topological polar surface area (TPSA) is 114 Å². The smallest absolute Gasteiger partial charge is 0.387 e. The third-order valence-corrected chi connectivity index (χ3v) is 9.13. The average molecular weight is 764 g/mol. The van der Waals surface area contributed by atoms with Gasteiger partial charge in [0.1, 0.15) is 41.9 Å².